The lowest BCUT2D eigenvalue weighted by atomic mass is 9.95. The first-order valence-electron chi connectivity index (χ1n) is 12.2. The smallest absolute Gasteiger partial charge is 0.401 e. The number of unbranched alkanes of at least 4 members (excludes halogenated alkanes) is 1. The van der Waals surface area contributed by atoms with Crippen LogP contribution in [-0.2, 0) is 6.54 Å². The number of rotatable bonds is 8. The van der Waals surface area contributed by atoms with Crippen molar-refractivity contribution >= 4 is 12.0 Å². The highest BCUT2D eigenvalue weighted by Crippen LogP contribution is 2.31. The molecule has 5 nitrogen and oxygen atoms in total. The maximum atomic E-state index is 12.6. The predicted octanol–water partition coefficient (Wildman–Crippen LogP) is 6.19. The second kappa shape index (κ2) is 14.0. The molecule has 1 N–H and O–H groups in total. The summed E-state index contributed by atoms with van der Waals surface area (Å²) >= 11 is 0. The number of carboxylic acids is 1. The Bertz CT molecular complexity index is 999. The molecule has 3 rings (SSSR count). The summed E-state index contributed by atoms with van der Waals surface area (Å²) < 4.78 is 43.4. The number of piperazine rings is 1. The van der Waals surface area contributed by atoms with Crippen molar-refractivity contribution < 1.29 is 27.8 Å². The molecule has 2 aromatic rings. The van der Waals surface area contributed by atoms with Crippen LogP contribution in [0.3, 0.4) is 0 Å². The van der Waals surface area contributed by atoms with Crippen LogP contribution in [-0.4, -0.2) is 66.9 Å². The van der Waals surface area contributed by atoms with Crippen LogP contribution >= 0.6 is 0 Å². The number of benzene rings is 2. The number of ether oxygens (including phenoxy) is 1. The standard InChI is InChI=1S/C21H31F3N2O.C7H6O2/c1-5-6-7-8-18-17(3)16(2)13-20(27-4)19(18)14-25-9-11-26(12-10-25)15-21(22,23)24;8-7(9)6-4-2-1-3-5-6/h7-8,13H,5-6,9-12,14-15H2,1-4H3;1-5H,(H,8,9)/b8-7-;. The quantitative estimate of drug-likeness (QED) is 0.463. The molecule has 0 bridgehead atoms. The maximum absolute atomic E-state index is 12.6. The van der Waals surface area contributed by atoms with Crippen molar-refractivity contribution in [2.45, 2.75) is 46.3 Å². The highest BCUT2D eigenvalue weighted by Gasteiger charge is 2.32. The van der Waals surface area contributed by atoms with Crippen molar-refractivity contribution in [2.75, 3.05) is 39.8 Å². The Morgan fingerprint density at radius 3 is 2.19 bits per heavy atom. The largest absolute Gasteiger partial charge is 0.496 e. The third-order valence-corrected chi connectivity index (χ3v) is 6.20. The Kier molecular flexibility index (Phi) is 11.5. The molecule has 0 aliphatic carbocycles. The van der Waals surface area contributed by atoms with Crippen molar-refractivity contribution in [3.8, 4) is 5.75 Å². The molecule has 0 radical (unpaired) electrons. The molecule has 0 spiro atoms. The lowest BCUT2D eigenvalue weighted by molar-refractivity contribution is -0.149. The van der Waals surface area contributed by atoms with Crippen molar-refractivity contribution in [3.05, 3.63) is 70.3 Å². The van der Waals surface area contributed by atoms with Gasteiger partial charge < -0.3 is 9.84 Å². The summed E-state index contributed by atoms with van der Waals surface area (Å²) in [5, 5.41) is 8.38. The minimum atomic E-state index is -4.13. The van der Waals surface area contributed by atoms with Gasteiger partial charge in [0.1, 0.15) is 5.75 Å². The van der Waals surface area contributed by atoms with E-state index in [0.717, 1.165) is 24.2 Å². The van der Waals surface area contributed by atoms with Crippen molar-refractivity contribution in [1.82, 2.24) is 9.80 Å². The fourth-order valence-electron chi connectivity index (χ4n) is 4.07. The number of allylic oxidation sites excluding steroid dienone is 1. The number of aryl methyl sites for hydroxylation is 1. The van der Waals surface area contributed by atoms with Gasteiger partial charge in [-0.3, -0.25) is 9.80 Å². The third kappa shape index (κ3) is 9.32. The zero-order chi connectivity index (χ0) is 26.7. The number of nitrogens with zero attached hydrogens (tertiary/aromatic N) is 2. The number of hydrogen-bond donors (Lipinski definition) is 1. The van der Waals surface area contributed by atoms with Crippen molar-refractivity contribution in [3.63, 3.8) is 0 Å². The van der Waals surface area contributed by atoms with Gasteiger partial charge in [0.2, 0.25) is 0 Å². The molecule has 1 saturated heterocycles. The van der Waals surface area contributed by atoms with E-state index in [1.54, 1.807) is 37.4 Å². The van der Waals surface area contributed by atoms with Gasteiger partial charge in [-0.1, -0.05) is 43.7 Å². The maximum Gasteiger partial charge on any atom is 0.401 e. The molecule has 0 amide bonds. The first-order chi connectivity index (χ1) is 17.1. The average Bonchev–Trinajstić information content (AvgIpc) is 2.84. The highest BCUT2D eigenvalue weighted by molar-refractivity contribution is 5.87. The van der Waals surface area contributed by atoms with E-state index in [1.807, 2.05) is 0 Å². The second-order valence-corrected chi connectivity index (χ2v) is 8.94. The molecular formula is C28H37F3N2O3. The van der Waals surface area contributed by atoms with E-state index in [1.165, 1.54) is 21.6 Å². The molecule has 0 saturated carbocycles. The molecule has 36 heavy (non-hydrogen) atoms. The van der Waals surface area contributed by atoms with Crippen molar-refractivity contribution in [1.29, 1.82) is 0 Å². The molecule has 1 aliphatic heterocycles. The first kappa shape index (κ1) is 29.4. The van der Waals surface area contributed by atoms with E-state index in [9.17, 15) is 18.0 Å². The molecule has 0 atom stereocenters. The van der Waals surface area contributed by atoms with Crippen LogP contribution in [0, 0.1) is 13.8 Å². The van der Waals surface area contributed by atoms with E-state index in [2.05, 4.69) is 43.9 Å². The molecule has 8 heteroatoms. The molecular weight excluding hydrogens is 469 g/mol. The van der Waals surface area contributed by atoms with Gasteiger partial charge in [-0.05, 0) is 55.2 Å². The van der Waals surface area contributed by atoms with E-state index in [-0.39, 0.29) is 0 Å². The van der Waals surface area contributed by atoms with Crippen LogP contribution in [0.1, 0.15) is 52.4 Å². The van der Waals surface area contributed by atoms with Crippen molar-refractivity contribution in [2.24, 2.45) is 0 Å². The van der Waals surface area contributed by atoms with Crippen LogP contribution in [0.2, 0.25) is 0 Å². The normalized spacial score (nSPS) is 15.0. The van der Waals surface area contributed by atoms with E-state index in [0.29, 0.717) is 38.3 Å². The lowest BCUT2D eigenvalue weighted by Crippen LogP contribution is -2.48. The number of carbonyl (C=O) groups is 1. The van der Waals surface area contributed by atoms with Crippen LogP contribution < -0.4 is 4.74 Å². The molecule has 1 heterocycles. The molecule has 1 fully saturated rings. The van der Waals surface area contributed by atoms with Gasteiger partial charge in [0.05, 0.1) is 19.2 Å². The topological polar surface area (TPSA) is 53.0 Å². The SMILES string of the molecule is CCC/C=C\c1c(C)c(C)cc(OC)c1CN1CCN(CC(F)(F)F)CC1.O=C(O)c1ccccc1. The fourth-order valence-corrected chi connectivity index (χ4v) is 4.07. The van der Waals surface area contributed by atoms with Gasteiger partial charge in [0, 0.05) is 38.3 Å². The molecule has 2 aromatic carbocycles. The number of methoxy groups -OCH3 is 1. The molecule has 0 unspecified atom stereocenters. The van der Waals surface area contributed by atoms with Crippen LogP contribution in [0.5, 0.6) is 5.75 Å². The Morgan fingerprint density at radius 1 is 1.08 bits per heavy atom. The number of carboxylic acid groups (broad SMARTS) is 1. The van der Waals surface area contributed by atoms with E-state index < -0.39 is 18.7 Å². The number of alkyl halides is 3. The molecule has 0 aromatic heterocycles. The van der Waals surface area contributed by atoms with Gasteiger partial charge in [-0.15, -0.1) is 0 Å². The third-order valence-electron chi connectivity index (χ3n) is 6.20. The van der Waals surface area contributed by atoms with Crippen LogP contribution in [0.25, 0.3) is 6.08 Å². The Labute approximate surface area is 212 Å². The summed E-state index contributed by atoms with van der Waals surface area (Å²) in [6.07, 6.45) is 2.34. The van der Waals surface area contributed by atoms with Gasteiger partial charge >= 0.3 is 12.1 Å². The summed E-state index contributed by atoms with van der Waals surface area (Å²) in [5.41, 5.74) is 5.04. The lowest BCUT2D eigenvalue weighted by Gasteiger charge is -2.35. The van der Waals surface area contributed by atoms with Gasteiger partial charge in [0.25, 0.3) is 0 Å². The second-order valence-electron chi connectivity index (χ2n) is 8.94. The number of halogens is 3. The average molecular weight is 507 g/mol. The summed E-state index contributed by atoms with van der Waals surface area (Å²) in [7, 11) is 1.68. The Morgan fingerprint density at radius 2 is 1.69 bits per heavy atom. The minimum absolute atomic E-state index is 0.331. The highest BCUT2D eigenvalue weighted by atomic mass is 19.4. The fraction of sp³-hybridized carbons (Fsp3) is 0.464. The van der Waals surface area contributed by atoms with E-state index in [4.69, 9.17) is 9.84 Å². The molecule has 198 valence electrons. The first-order valence-corrected chi connectivity index (χ1v) is 12.2. The number of aromatic carboxylic acids is 1. The number of hydrogen-bond acceptors (Lipinski definition) is 4. The van der Waals surface area contributed by atoms with E-state index >= 15 is 0 Å². The summed E-state index contributed by atoms with van der Waals surface area (Å²) in [5.74, 6) is -0.0254. The van der Waals surface area contributed by atoms with Gasteiger partial charge in [0.15, 0.2) is 0 Å². The monoisotopic (exact) mass is 506 g/mol. The minimum Gasteiger partial charge on any atom is -0.496 e. The summed E-state index contributed by atoms with van der Waals surface area (Å²) in [6.45, 7) is 8.35. The van der Waals surface area contributed by atoms with Crippen LogP contribution in [0.4, 0.5) is 13.2 Å². The predicted molar refractivity (Wildman–Crippen MR) is 138 cm³/mol. The zero-order valence-corrected chi connectivity index (χ0v) is 21.6. The van der Waals surface area contributed by atoms with Crippen LogP contribution in [0.15, 0.2) is 42.5 Å². The Hall–Kier alpha value is -2.84. The van der Waals surface area contributed by atoms with Gasteiger partial charge in [-0.2, -0.15) is 13.2 Å². The summed E-state index contributed by atoms with van der Waals surface area (Å²) in [6, 6.07) is 10.4. The molecule has 1 aliphatic rings. The van der Waals surface area contributed by atoms with Gasteiger partial charge in [-0.25, -0.2) is 4.79 Å². The zero-order valence-electron chi connectivity index (χ0n) is 21.6. The summed E-state index contributed by atoms with van der Waals surface area (Å²) in [4.78, 5) is 13.9. The Balaban J connectivity index is 0.000000425.